The molecule has 1 aliphatic heterocycles. The van der Waals surface area contributed by atoms with Gasteiger partial charge in [-0.05, 0) is 60.3 Å². The summed E-state index contributed by atoms with van der Waals surface area (Å²) in [7, 11) is 0. The summed E-state index contributed by atoms with van der Waals surface area (Å²) >= 11 is 4.21. The van der Waals surface area contributed by atoms with Crippen LogP contribution < -0.4 is 4.90 Å². The molecular formula is C20H11BrFNO3S. The van der Waals surface area contributed by atoms with E-state index in [0.717, 1.165) is 26.7 Å². The Bertz CT molecular complexity index is 1060. The van der Waals surface area contributed by atoms with Crippen LogP contribution in [0.5, 0.6) is 0 Å². The normalized spacial score (nSPS) is 15.8. The number of hydrogen-bond acceptors (Lipinski definition) is 4. The molecule has 27 heavy (non-hydrogen) atoms. The van der Waals surface area contributed by atoms with Crippen molar-refractivity contribution in [3.05, 3.63) is 81.6 Å². The van der Waals surface area contributed by atoms with Gasteiger partial charge in [-0.1, -0.05) is 28.1 Å². The number of thioether (sulfide) groups is 1. The molecule has 0 bridgehead atoms. The second kappa shape index (κ2) is 7.17. The lowest BCUT2D eigenvalue weighted by Crippen LogP contribution is -2.27. The molecule has 1 aliphatic rings. The summed E-state index contributed by atoms with van der Waals surface area (Å²) in [6.45, 7) is 0. The minimum atomic E-state index is -0.460. The van der Waals surface area contributed by atoms with E-state index in [2.05, 4.69) is 15.9 Å². The first-order chi connectivity index (χ1) is 13.0. The number of imide groups is 1. The zero-order chi connectivity index (χ0) is 19.0. The number of rotatable bonds is 3. The predicted molar refractivity (Wildman–Crippen MR) is 107 cm³/mol. The second-order valence-corrected chi connectivity index (χ2v) is 7.61. The molecular weight excluding hydrogens is 433 g/mol. The van der Waals surface area contributed by atoms with E-state index in [0.29, 0.717) is 17.2 Å². The van der Waals surface area contributed by atoms with E-state index in [1.165, 1.54) is 30.3 Å². The molecule has 2 heterocycles. The molecule has 4 rings (SSSR count). The number of benzene rings is 2. The van der Waals surface area contributed by atoms with Crippen LogP contribution in [-0.4, -0.2) is 11.1 Å². The molecule has 0 unspecified atom stereocenters. The summed E-state index contributed by atoms with van der Waals surface area (Å²) in [5.41, 5.74) is 1.23. The van der Waals surface area contributed by atoms with Crippen molar-refractivity contribution in [2.75, 3.05) is 4.90 Å². The van der Waals surface area contributed by atoms with E-state index < -0.39 is 17.0 Å². The first-order valence-corrected chi connectivity index (χ1v) is 9.51. The molecule has 0 atom stereocenters. The van der Waals surface area contributed by atoms with E-state index in [1.54, 1.807) is 12.1 Å². The van der Waals surface area contributed by atoms with Crippen LogP contribution >= 0.6 is 27.7 Å². The van der Waals surface area contributed by atoms with Crippen molar-refractivity contribution in [3.63, 3.8) is 0 Å². The Hall–Kier alpha value is -2.64. The van der Waals surface area contributed by atoms with Gasteiger partial charge in [0, 0.05) is 16.1 Å². The van der Waals surface area contributed by atoms with Crippen LogP contribution in [0.2, 0.25) is 0 Å². The smallest absolute Gasteiger partial charge is 0.298 e. The van der Waals surface area contributed by atoms with Crippen molar-refractivity contribution >= 4 is 50.6 Å². The second-order valence-electron chi connectivity index (χ2n) is 5.70. The van der Waals surface area contributed by atoms with E-state index in [1.807, 2.05) is 24.3 Å². The first-order valence-electron chi connectivity index (χ1n) is 7.90. The van der Waals surface area contributed by atoms with Gasteiger partial charge in [0.15, 0.2) is 0 Å². The number of carbonyl (C=O) groups is 2. The number of hydrogen-bond donors (Lipinski definition) is 0. The number of furan rings is 1. The van der Waals surface area contributed by atoms with E-state index in [-0.39, 0.29) is 4.91 Å². The maximum absolute atomic E-state index is 13.1. The van der Waals surface area contributed by atoms with E-state index in [9.17, 15) is 14.0 Å². The Morgan fingerprint density at radius 2 is 1.67 bits per heavy atom. The highest BCUT2D eigenvalue weighted by atomic mass is 79.9. The molecule has 0 spiro atoms. The van der Waals surface area contributed by atoms with Gasteiger partial charge in [0.05, 0.1) is 10.6 Å². The molecule has 7 heteroatoms. The highest BCUT2D eigenvalue weighted by molar-refractivity contribution is 9.10. The van der Waals surface area contributed by atoms with Gasteiger partial charge in [0.25, 0.3) is 11.1 Å². The maximum Gasteiger partial charge on any atom is 0.298 e. The van der Waals surface area contributed by atoms with Crippen molar-refractivity contribution in [2.24, 2.45) is 0 Å². The van der Waals surface area contributed by atoms with Gasteiger partial charge in [0.2, 0.25) is 0 Å². The van der Waals surface area contributed by atoms with Crippen LogP contribution in [0.1, 0.15) is 5.76 Å². The maximum atomic E-state index is 13.1. The Morgan fingerprint density at radius 1 is 0.963 bits per heavy atom. The fraction of sp³-hybridized carbons (Fsp3) is 0. The zero-order valence-electron chi connectivity index (χ0n) is 13.7. The topological polar surface area (TPSA) is 50.5 Å². The third-order valence-electron chi connectivity index (χ3n) is 3.91. The summed E-state index contributed by atoms with van der Waals surface area (Å²) in [5, 5.41) is -0.433. The molecule has 3 aromatic rings. The van der Waals surface area contributed by atoms with Gasteiger partial charge in [-0.2, -0.15) is 0 Å². The average molecular weight is 444 g/mol. The summed E-state index contributed by atoms with van der Waals surface area (Å²) in [4.78, 5) is 26.1. The summed E-state index contributed by atoms with van der Waals surface area (Å²) in [5.74, 6) is 0.236. The summed E-state index contributed by atoms with van der Waals surface area (Å²) in [6, 6.07) is 16.4. The molecule has 4 nitrogen and oxygen atoms in total. The SMILES string of the molecule is O=C1S/C(=C/c2ccc(-c3ccc(Br)cc3)o2)C(=O)N1c1ccc(F)cc1. The highest BCUT2D eigenvalue weighted by Gasteiger charge is 2.36. The van der Waals surface area contributed by atoms with Crippen LogP contribution in [0.25, 0.3) is 17.4 Å². The Morgan fingerprint density at radius 3 is 2.37 bits per heavy atom. The average Bonchev–Trinajstić information content (AvgIpc) is 3.22. The third-order valence-corrected chi connectivity index (χ3v) is 5.31. The monoisotopic (exact) mass is 443 g/mol. The van der Waals surface area contributed by atoms with Crippen LogP contribution in [-0.2, 0) is 4.79 Å². The molecule has 2 amide bonds. The molecule has 1 aromatic heterocycles. The molecule has 134 valence electrons. The minimum Gasteiger partial charge on any atom is -0.457 e. The molecule has 0 radical (unpaired) electrons. The minimum absolute atomic E-state index is 0.251. The number of halogens is 2. The molecule has 1 fully saturated rings. The lowest BCUT2D eigenvalue weighted by Gasteiger charge is -2.11. The van der Waals surface area contributed by atoms with Crippen LogP contribution in [0.3, 0.4) is 0 Å². The summed E-state index contributed by atoms with van der Waals surface area (Å²) < 4.78 is 19.8. The molecule has 0 N–H and O–H groups in total. The van der Waals surface area contributed by atoms with E-state index in [4.69, 9.17) is 4.42 Å². The van der Waals surface area contributed by atoms with E-state index >= 15 is 0 Å². The molecule has 0 aliphatic carbocycles. The van der Waals surface area contributed by atoms with Gasteiger partial charge in [-0.25, -0.2) is 9.29 Å². The Labute approximate surface area is 166 Å². The number of amides is 2. The van der Waals surface area contributed by atoms with Crippen molar-refractivity contribution in [1.29, 1.82) is 0 Å². The van der Waals surface area contributed by atoms with Gasteiger partial charge in [-0.3, -0.25) is 9.59 Å². The van der Waals surface area contributed by atoms with Gasteiger partial charge < -0.3 is 4.42 Å². The van der Waals surface area contributed by atoms with Gasteiger partial charge in [-0.15, -0.1) is 0 Å². The van der Waals surface area contributed by atoms with Crippen LogP contribution in [0.4, 0.5) is 14.9 Å². The molecule has 0 saturated carbocycles. The number of anilines is 1. The highest BCUT2D eigenvalue weighted by Crippen LogP contribution is 2.36. The number of carbonyl (C=O) groups excluding carboxylic acids is 2. The predicted octanol–water partition coefficient (Wildman–Crippen LogP) is 6.09. The van der Waals surface area contributed by atoms with Crippen molar-refractivity contribution in [3.8, 4) is 11.3 Å². The largest absolute Gasteiger partial charge is 0.457 e. The summed E-state index contributed by atoms with van der Waals surface area (Å²) in [6.07, 6.45) is 1.54. The fourth-order valence-electron chi connectivity index (χ4n) is 2.61. The first kappa shape index (κ1) is 17.8. The zero-order valence-corrected chi connectivity index (χ0v) is 16.1. The number of nitrogens with zero attached hydrogens (tertiary/aromatic N) is 1. The quantitative estimate of drug-likeness (QED) is 0.459. The fourth-order valence-corrected chi connectivity index (χ4v) is 3.70. The van der Waals surface area contributed by atoms with Crippen LogP contribution in [0, 0.1) is 5.82 Å². The molecule has 2 aromatic carbocycles. The lowest BCUT2D eigenvalue weighted by atomic mass is 10.2. The van der Waals surface area contributed by atoms with Crippen molar-refractivity contribution in [1.82, 2.24) is 0 Å². The Kier molecular flexibility index (Phi) is 4.72. The standard InChI is InChI=1S/C20H11BrFNO3S/c21-13-3-1-12(2-4-13)17-10-9-16(26-17)11-18-19(24)23(20(25)27-18)15-7-5-14(22)6-8-15/h1-11H/b18-11+. The lowest BCUT2D eigenvalue weighted by molar-refractivity contribution is -0.113. The molecule has 1 saturated heterocycles. The van der Waals surface area contributed by atoms with Crippen molar-refractivity contribution < 1.29 is 18.4 Å². The van der Waals surface area contributed by atoms with Crippen molar-refractivity contribution in [2.45, 2.75) is 0 Å². The third kappa shape index (κ3) is 3.61. The van der Waals surface area contributed by atoms with Gasteiger partial charge >= 0.3 is 0 Å². The van der Waals surface area contributed by atoms with Gasteiger partial charge in [0.1, 0.15) is 17.3 Å². The van der Waals surface area contributed by atoms with Crippen LogP contribution in [0.15, 0.2) is 74.5 Å². The Balaban J connectivity index is 1.59.